The minimum Gasteiger partial charge on any atom is -0.360 e. The highest BCUT2D eigenvalue weighted by molar-refractivity contribution is 7.89. The molecular weight excluding hydrogens is 252 g/mol. The number of pyridine rings is 1. The molecule has 1 aromatic heterocycles. The molecule has 2 N–H and O–H groups in total. The fraction of sp³-hybridized carbons (Fsp3) is 0.545. The van der Waals surface area contributed by atoms with Gasteiger partial charge in [-0.1, -0.05) is 0 Å². The Hall–Kier alpha value is -1.18. The fourth-order valence-corrected chi connectivity index (χ4v) is 2.25. The number of aromatic nitrogens is 1. The molecule has 0 aliphatic rings. The average Bonchev–Trinajstić information content (AvgIpc) is 2.35. The van der Waals surface area contributed by atoms with Crippen LogP contribution in [0.4, 0.5) is 5.82 Å². The van der Waals surface area contributed by atoms with Gasteiger partial charge >= 0.3 is 0 Å². The minimum atomic E-state index is -3.40. The molecule has 18 heavy (non-hydrogen) atoms. The first-order valence-corrected chi connectivity index (χ1v) is 7.13. The molecular formula is C11H20N4O2S. The number of anilines is 1. The van der Waals surface area contributed by atoms with Crippen LogP contribution < -0.4 is 10.6 Å². The second-order valence-electron chi connectivity index (χ2n) is 4.20. The van der Waals surface area contributed by atoms with Crippen LogP contribution in [0.2, 0.25) is 0 Å². The van der Waals surface area contributed by atoms with E-state index in [-0.39, 0.29) is 4.90 Å². The van der Waals surface area contributed by atoms with Crippen molar-refractivity contribution in [3.8, 4) is 0 Å². The summed E-state index contributed by atoms with van der Waals surface area (Å²) in [6.07, 6.45) is 2.25. The van der Waals surface area contributed by atoms with Gasteiger partial charge in [0.25, 0.3) is 0 Å². The van der Waals surface area contributed by atoms with Crippen LogP contribution in [0.5, 0.6) is 0 Å². The Labute approximate surface area is 108 Å². The average molecular weight is 272 g/mol. The maximum Gasteiger partial charge on any atom is 0.244 e. The van der Waals surface area contributed by atoms with Crippen molar-refractivity contribution < 1.29 is 8.42 Å². The largest absolute Gasteiger partial charge is 0.360 e. The summed E-state index contributed by atoms with van der Waals surface area (Å²) < 4.78 is 24.9. The molecule has 0 aliphatic carbocycles. The molecule has 102 valence electrons. The molecule has 0 unspecified atom stereocenters. The van der Waals surface area contributed by atoms with Crippen molar-refractivity contribution in [2.24, 2.45) is 5.73 Å². The molecule has 1 heterocycles. The summed E-state index contributed by atoms with van der Waals surface area (Å²) in [6.45, 7) is 1.42. The summed E-state index contributed by atoms with van der Waals surface area (Å²) in [7, 11) is 1.49. The van der Waals surface area contributed by atoms with E-state index < -0.39 is 10.0 Å². The van der Waals surface area contributed by atoms with E-state index in [0.717, 1.165) is 18.8 Å². The maximum absolute atomic E-state index is 11.8. The Kier molecular flexibility index (Phi) is 5.06. The Balaban J connectivity index is 2.87. The molecule has 7 heteroatoms. The zero-order valence-electron chi connectivity index (χ0n) is 11.0. The van der Waals surface area contributed by atoms with Gasteiger partial charge in [0.05, 0.1) is 0 Å². The van der Waals surface area contributed by atoms with E-state index in [2.05, 4.69) is 4.98 Å². The van der Waals surface area contributed by atoms with E-state index in [9.17, 15) is 8.42 Å². The SMILES string of the molecule is CN(CCCN)c1ccc(S(=O)(=O)N(C)C)cn1. The van der Waals surface area contributed by atoms with Crippen LogP contribution in [0.25, 0.3) is 0 Å². The van der Waals surface area contributed by atoms with Gasteiger partial charge < -0.3 is 10.6 Å². The number of sulfonamides is 1. The molecule has 0 spiro atoms. The lowest BCUT2D eigenvalue weighted by molar-refractivity contribution is 0.520. The van der Waals surface area contributed by atoms with Gasteiger partial charge in [0.15, 0.2) is 0 Å². The van der Waals surface area contributed by atoms with Crippen molar-refractivity contribution in [1.29, 1.82) is 0 Å². The van der Waals surface area contributed by atoms with E-state index in [1.54, 1.807) is 12.1 Å². The van der Waals surface area contributed by atoms with E-state index in [1.807, 2.05) is 11.9 Å². The monoisotopic (exact) mass is 272 g/mol. The molecule has 1 rings (SSSR count). The predicted molar refractivity (Wildman–Crippen MR) is 72.1 cm³/mol. The summed E-state index contributed by atoms with van der Waals surface area (Å²) >= 11 is 0. The number of nitrogens with two attached hydrogens (primary N) is 1. The summed E-state index contributed by atoms with van der Waals surface area (Å²) in [6, 6.07) is 3.27. The number of rotatable bonds is 6. The van der Waals surface area contributed by atoms with E-state index in [4.69, 9.17) is 5.73 Å². The van der Waals surface area contributed by atoms with Gasteiger partial charge in [-0.05, 0) is 25.1 Å². The van der Waals surface area contributed by atoms with Crippen LogP contribution in [0.3, 0.4) is 0 Å². The molecule has 0 atom stereocenters. The van der Waals surface area contributed by atoms with Crippen molar-refractivity contribution in [2.45, 2.75) is 11.3 Å². The Morgan fingerprint density at radius 1 is 1.28 bits per heavy atom. The molecule has 0 saturated carbocycles. The molecule has 0 bridgehead atoms. The molecule has 0 aliphatic heterocycles. The molecule has 0 aromatic carbocycles. The predicted octanol–water partition coefficient (Wildman–Crippen LogP) is 0.117. The minimum absolute atomic E-state index is 0.198. The summed E-state index contributed by atoms with van der Waals surface area (Å²) in [5.41, 5.74) is 5.44. The number of hydrogen-bond acceptors (Lipinski definition) is 5. The Bertz CT molecular complexity index is 470. The van der Waals surface area contributed by atoms with Crippen LogP contribution >= 0.6 is 0 Å². The quantitative estimate of drug-likeness (QED) is 0.795. The third-order valence-electron chi connectivity index (χ3n) is 2.59. The highest BCUT2D eigenvalue weighted by atomic mass is 32.2. The molecule has 1 aromatic rings. The molecule has 6 nitrogen and oxygen atoms in total. The van der Waals surface area contributed by atoms with Crippen LogP contribution in [0.1, 0.15) is 6.42 Å². The lowest BCUT2D eigenvalue weighted by Crippen LogP contribution is -2.24. The summed E-state index contributed by atoms with van der Waals surface area (Å²) in [5, 5.41) is 0. The molecule has 0 fully saturated rings. The second kappa shape index (κ2) is 6.12. The van der Waals surface area contributed by atoms with Gasteiger partial charge in [-0.25, -0.2) is 17.7 Å². The highest BCUT2D eigenvalue weighted by Crippen LogP contribution is 2.15. The highest BCUT2D eigenvalue weighted by Gasteiger charge is 2.17. The zero-order valence-corrected chi connectivity index (χ0v) is 11.8. The van der Waals surface area contributed by atoms with E-state index in [0.29, 0.717) is 6.54 Å². The standard InChI is InChI=1S/C11H20N4O2S/c1-14(2)18(16,17)10-5-6-11(13-9-10)15(3)8-4-7-12/h5-6,9H,4,7-8,12H2,1-3H3. The summed E-state index contributed by atoms with van der Waals surface area (Å²) in [5.74, 6) is 0.737. The molecule has 0 saturated heterocycles. The van der Waals surface area contributed by atoms with Crippen molar-refractivity contribution in [3.05, 3.63) is 18.3 Å². The lowest BCUT2D eigenvalue weighted by Gasteiger charge is -2.18. The maximum atomic E-state index is 11.8. The number of nitrogens with zero attached hydrogens (tertiary/aromatic N) is 3. The van der Waals surface area contributed by atoms with Crippen LogP contribution in [-0.2, 0) is 10.0 Å². The normalized spacial score (nSPS) is 11.8. The van der Waals surface area contributed by atoms with Crippen molar-refractivity contribution in [3.63, 3.8) is 0 Å². The first kappa shape index (κ1) is 14.9. The van der Waals surface area contributed by atoms with Crippen molar-refractivity contribution >= 4 is 15.8 Å². The Morgan fingerprint density at radius 2 is 1.94 bits per heavy atom. The van der Waals surface area contributed by atoms with Crippen LogP contribution in [0, 0.1) is 0 Å². The first-order chi connectivity index (χ1) is 8.39. The summed E-state index contributed by atoms with van der Waals surface area (Å²) in [4.78, 5) is 6.30. The zero-order chi connectivity index (χ0) is 13.8. The first-order valence-electron chi connectivity index (χ1n) is 5.69. The second-order valence-corrected chi connectivity index (χ2v) is 6.36. The smallest absolute Gasteiger partial charge is 0.244 e. The van der Waals surface area contributed by atoms with Gasteiger partial charge in [-0.3, -0.25) is 0 Å². The van der Waals surface area contributed by atoms with Crippen molar-refractivity contribution in [2.75, 3.05) is 39.1 Å². The molecule has 0 amide bonds. The third kappa shape index (κ3) is 3.41. The van der Waals surface area contributed by atoms with Crippen molar-refractivity contribution in [1.82, 2.24) is 9.29 Å². The number of hydrogen-bond donors (Lipinski definition) is 1. The van der Waals surface area contributed by atoms with Gasteiger partial charge in [0.2, 0.25) is 10.0 Å². The van der Waals surface area contributed by atoms with Gasteiger partial charge in [-0.15, -0.1) is 0 Å². The van der Waals surface area contributed by atoms with Crippen LogP contribution in [0.15, 0.2) is 23.2 Å². The Morgan fingerprint density at radius 3 is 2.39 bits per heavy atom. The lowest BCUT2D eigenvalue weighted by atomic mass is 10.4. The van der Waals surface area contributed by atoms with Gasteiger partial charge in [0, 0.05) is 33.9 Å². The molecule has 0 radical (unpaired) electrons. The third-order valence-corrected chi connectivity index (χ3v) is 4.39. The van der Waals surface area contributed by atoms with E-state index >= 15 is 0 Å². The fourth-order valence-electron chi connectivity index (χ4n) is 1.40. The topological polar surface area (TPSA) is 79.5 Å². The van der Waals surface area contributed by atoms with E-state index in [1.165, 1.54) is 24.6 Å². The van der Waals surface area contributed by atoms with Gasteiger partial charge in [0.1, 0.15) is 10.7 Å². The van der Waals surface area contributed by atoms with Gasteiger partial charge in [-0.2, -0.15) is 0 Å². The van der Waals surface area contributed by atoms with Crippen LogP contribution in [-0.4, -0.2) is 51.9 Å².